The maximum atomic E-state index is 10.7. The first-order chi connectivity index (χ1) is 6.49. The summed E-state index contributed by atoms with van der Waals surface area (Å²) in [5.41, 5.74) is 10.7. The third-order valence-electron chi connectivity index (χ3n) is 2.34. The largest absolute Gasteiger partial charge is 0.368 e. The lowest BCUT2D eigenvalue weighted by Gasteiger charge is -2.26. The number of hydrogen-bond donors (Lipinski definition) is 2. The van der Waals surface area contributed by atoms with Crippen LogP contribution in [-0.4, -0.2) is 48.5 Å². The second kappa shape index (κ2) is 7.09. The van der Waals surface area contributed by atoms with E-state index in [4.69, 9.17) is 11.5 Å². The van der Waals surface area contributed by atoms with Crippen LogP contribution in [0.3, 0.4) is 0 Å². The molecule has 0 heterocycles. The topological polar surface area (TPSA) is 72.3 Å². The molecule has 0 aliphatic rings. The smallest absolute Gasteiger partial charge is 0.235 e. The molecule has 0 saturated heterocycles. The molecule has 0 rings (SSSR count). The van der Waals surface area contributed by atoms with E-state index in [1.54, 1.807) is 0 Å². The molecule has 84 valence electrons. The number of carbonyl (C=O) groups is 1. The van der Waals surface area contributed by atoms with E-state index >= 15 is 0 Å². The maximum absolute atomic E-state index is 10.7. The first-order valence-electron chi connectivity index (χ1n) is 4.73. The first-order valence-corrected chi connectivity index (χ1v) is 6.12. The van der Waals surface area contributed by atoms with Gasteiger partial charge in [-0.05, 0) is 32.4 Å². The summed E-state index contributed by atoms with van der Waals surface area (Å²) >= 11 is 1.82. The van der Waals surface area contributed by atoms with Crippen molar-refractivity contribution in [1.29, 1.82) is 0 Å². The fraction of sp³-hybridized carbons (Fsp3) is 0.889. The zero-order valence-electron chi connectivity index (χ0n) is 9.19. The van der Waals surface area contributed by atoms with Gasteiger partial charge in [-0.3, -0.25) is 4.79 Å². The summed E-state index contributed by atoms with van der Waals surface area (Å²) in [5.74, 6) is 0.686. The van der Waals surface area contributed by atoms with Gasteiger partial charge in [-0.1, -0.05) is 0 Å². The Hall–Kier alpha value is -0.260. The zero-order chi connectivity index (χ0) is 11.1. The highest BCUT2D eigenvalue weighted by Crippen LogP contribution is 2.05. The summed E-state index contributed by atoms with van der Waals surface area (Å²) in [6, 6.07) is -0.121. The molecule has 0 aromatic carbocycles. The van der Waals surface area contributed by atoms with Crippen molar-refractivity contribution in [3.63, 3.8) is 0 Å². The van der Waals surface area contributed by atoms with Crippen molar-refractivity contribution in [2.75, 3.05) is 25.6 Å². The van der Waals surface area contributed by atoms with Gasteiger partial charge in [0, 0.05) is 12.6 Å². The van der Waals surface area contributed by atoms with Crippen molar-refractivity contribution in [3.8, 4) is 0 Å². The number of rotatable bonds is 7. The number of amides is 1. The predicted molar refractivity (Wildman–Crippen MR) is 62.3 cm³/mol. The highest BCUT2D eigenvalue weighted by Gasteiger charge is 2.15. The Morgan fingerprint density at radius 3 is 2.57 bits per heavy atom. The molecule has 0 radical (unpaired) electrons. The molecule has 2 atom stereocenters. The number of thioether (sulfide) groups is 1. The monoisotopic (exact) mass is 219 g/mol. The molecule has 4 N–H and O–H groups in total. The minimum atomic E-state index is -0.559. The van der Waals surface area contributed by atoms with Gasteiger partial charge in [0.1, 0.15) is 0 Å². The van der Waals surface area contributed by atoms with E-state index in [9.17, 15) is 4.79 Å². The van der Waals surface area contributed by atoms with Gasteiger partial charge in [0.2, 0.25) is 5.91 Å². The fourth-order valence-electron chi connectivity index (χ4n) is 1.09. The van der Waals surface area contributed by atoms with Crippen LogP contribution >= 0.6 is 11.8 Å². The average molecular weight is 219 g/mol. The Labute approximate surface area is 90.4 Å². The SMILES string of the molecule is CSCCC(C)N(C)CC(N)C(N)=O. The van der Waals surface area contributed by atoms with Crippen molar-refractivity contribution in [2.45, 2.75) is 25.4 Å². The Morgan fingerprint density at radius 2 is 2.14 bits per heavy atom. The molecule has 2 unspecified atom stereocenters. The van der Waals surface area contributed by atoms with Gasteiger partial charge in [0.05, 0.1) is 6.04 Å². The lowest BCUT2D eigenvalue weighted by atomic mass is 10.2. The summed E-state index contributed by atoms with van der Waals surface area (Å²) in [7, 11) is 1.97. The summed E-state index contributed by atoms with van der Waals surface area (Å²) in [5, 5.41) is 0. The first kappa shape index (κ1) is 13.7. The van der Waals surface area contributed by atoms with Crippen LogP contribution < -0.4 is 11.5 Å². The van der Waals surface area contributed by atoms with Crippen LogP contribution in [0.25, 0.3) is 0 Å². The Bertz CT molecular complexity index is 177. The van der Waals surface area contributed by atoms with E-state index in [0.29, 0.717) is 12.6 Å². The Balaban J connectivity index is 3.81. The fourth-order valence-corrected chi connectivity index (χ4v) is 1.67. The molecule has 0 aromatic rings. The lowest BCUT2D eigenvalue weighted by Crippen LogP contribution is -2.47. The molecule has 0 aliphatic carbocycles. The highest BCUT2D eigenvalue weighted by molar-refractivity contribution is 7.98. The van der Waals surface area contributed by atoms with Gasteiger partial charge in [-0.25, -0.2) is 0 Å². The average Bonchev–Trinajstić information content (AvgIpc) is 2.13. The molecule has 0 aromatic heterocycles. The molecule has 0 saturated carbocycles. The highest BCUT2D eigenvalue weighted by atomic mass is 32.2. The number of hydrogen-bond acceptors (Lipinski definition) is 4. The maximum Gasteiger partial charge on any atom is 0.235 e. The Kier molecular flexibility index (Phi) is 6.96. The van der Waals surface area contributed by atoms with Gasteiger partial charge in [0.15, 0.2) is 0 Å². The molecule has 4 nitrogen and oxygen atoms in total. The van der Waals surface area contributed by atoms with Crippen LogP contribution in [-0.2, 0) is 4.79 Å². The van der Waals surface area contributed by atoms with Gasteiger partial charge >= 0.3 is 0 Å². The summed E-state index contributed by atoms with van der Waals surface area (Å²) in [6.45, 7) is 2.66. The van der Waals surface area contributed by atoms with Crippen molar-refractivity contribution in [1.82, 2.24) is 4.90 Å². The van der Waals surface area contributed by atoms with E-state index in [0.717, 1.165) is 12.2 Å². The molecule has 0 spiro atoms. The minimum absolute atomic E-state index is 0.436. The number of nitrogens with two attached hydrogens (primary N) is 2. The molecule has 1 amide bonds. The van der Waals surface area contributed by atoms with E-state index in [1.165, 1.54) is 0 Å². The standard InChI is InChI=1S/C9H21N3OS/c1-7(4-5-14-3)12(2)6-8(10)9(11)13/h7-8H,4-6,10H2,1-3H3,(H2,11,13). The number of primary amides is 1. The molecule has 0 fully saturated rings. The molecule has 5 heteroatoms. The van der Waals surface area contributed by atoms with Gasteiger partial charge in [0.25, 0.3) is 0 Å². The lowest BCUT2D eigenvalue weighted by molar-refractivity contribution is -0.119. The quantitative estimate of drug-likeness (QED) is 0.626. The van der Waals surface area contributed by atoms with E-state index < -0.39 is 11.9 Å². The van der Waals surface area contributed by atoms with Crippen molar-refractivity contribution < 1.29 is 4.79 Å². The molecular formula is C9H21N3OS. The van der Waals surface area contributed by atoms with Crippen molar-refractivity contribution in [3.05, 3.63) is 0 Å². The van der Waals surface area contributed by atoms with E-state index in [-0.39, 0.29) is 0 Å². The third-order valence-corrected chi connectivity index (χ3v) is 2.99. The summed E-state index contributed by atoms with van der Waals surface area (Å²) in [4.78, 5) is 12.8. The zero-order valence-corrected chi connectivity index (χ0v) is 10.0. The number of nitrogens with zero attached hydrogens (tertiary/aromatic N) is 1. The normalized spacial score (nSPS) is 15.5. The number of likely N-dealkylation sites (N-methyl/N-ethyl adjacent to an activating group) is 1. The van der Waals surface area contributed by atoms with Crippen LogP contribution in [0.1, 0.15) is 13.3 Å². The van der Waals surface area contributed by atoms with E-state index in [2.05, 4.69) is 18.1 Å². The molecule has 0 aliphatic heterocycles. The predicted octanol–water partition coefficient (Wildman–Crippen LogP) is -0.128. The molecule has 0 bridgehead atoms. The minimum Gasteiger partial charge on any atom is -0.368 e. The van der Waals surface area contributed by atoms with Gasteiger partial charge < -0.3 is 16.4 Å². The number of carbonyl (C=O) groups excluding carboxylic acids is 1. The molecular weight excluding hydrogens is 198 g/mol. The third kappa shape index (κ3) is 5.47. The van der Waals surface area contributed by atoms with Crippen LogP contribution in [0, 0.1) is 0 Å². The second-order valence-corrected chi connectivity index (χ2v) is 4.56. The van der Waals surface area contributed by atoms with Crippen molar-refractivity contribution >= 4 is 17.7 Å². The van der Waals surface area contributed by atoms with Gasteiger partial charge in [-0.15, -0.1) is 0 Å². The van der Waals surface area contributed by atoms with Crippen LogP contribution in [0.15, 0.2) is 0 Å². The summed E-state index contributed by atoms with van der Waals surface area (Å²) in [6.07, 6.45) is 3.19. The van der Waals surface area contributed by atoms with E-state index in [1.807, 2.05) is 18.8 Å². The van der Waals surface area contributed by atoms with Crippen molar-refractivity contribution in [2.24, 2.45) is 11.5 Å². The van der Waals surface area contributed by atoms with Crippen LogP contribution in [0.2, 0.25) is 0 Å². The van der Waals surface area contributed by atoms with Crippen LogP contribution in [0.5, 0.6) is 0 Å². The van der Waals surface area contributed by atoms with Gasteiger partial charge in [-0.2, -0.15) is 11.8 Å². The summed E-state index contributed by atoms with van der Waals surface area (Å²) < 4.78 is 0. The molecule has 14 heavy (non-hydrogen) atoms. The Morgan fingerprint density at radius 1 is 1.57 bits per heavy atom. The second-order valence-electron chi connectivity index (χ2n) is 3.58. The van der Waals surface area contributed by atoms with Crippen LogP contribution in [0.4, 0.5) is 0 Å².